The van der Waals surface area contributed by atoms with E-state index in [9.17, 15) is 9.59 Å². The molecule has 0 radical (unpaired) electrons. The summed E-state index contributed by atoms with van der Waals surface area (Å²) in [7, 11) is 1.36. The Hall–Kier alpha value is -1.63. The van der Waals surface area contributed by atoms with E-state index in [1.54, 1.807) is 0 Å². The largest absolute Gasteiger partial charge is 0.468 e. The highest BCUT2D eigenvalue weighted by molar-refractivity contribution is 5.85. The first-order valence-electron chi connectivity index (χ1n) is 7.82. The lowest BCUT2D eigenvalue weighted by Crippen LogP contribution is -2.44. The maximum absolute atomic E-state index is 12.1. The molecule has 1 saturated heterocycles. The van der Waals surface area contributed by atoms with Crippen LogP contribution in [-0.4, -0.2) is 51.3 Å². The van der Waals surface area contributed by atoms with Crippen molar-refractivity contribution in [3.63, 3.8) is 0 Å². The fourth-order valence-electron chi connectivity index (χ4n) is 2.54. The van der Waals surface area contributed by atoms with Crippen molar-refractivity contribution in [1.82, 2.24) is 10.6 Å². The number of rotatable bonds is 6. The smallest absolute Gasteiger partial charge is 0.314 e. The SMILES string of the molecule is COC(=O)C(CNC(=O)CC1COCCN1)c1ccc(C)cc1.Cl. The topological polar surface area (TPSA) is 76.7 Å². The van der Waals surface area contributed by atoms with Gasteiger partial charge in [-0.3, -0.25) is 9.59 Å². The van der Waals surface area contributed by atoms with E-state index in [1.807, 2.05) is 31.2 Å². The second-order valence-corrected chi connectivity index (χ2v) is 5.72. The van der Waals surface area contributed by atoms with E-state index in [2.05, 4.69) is 10.6 Å². The maximum atomic E-state index is 12.1. The van der Waals surface area contributed by atoms with Crippen LogP contribution in [0.1, 0.15) is 23.5 Å². The van der Waals surface area contributed by atoms with Crippen LogP contribution >= 0.6 is 12.4 Å². The summed E-state index contributed by atoms with van der Waals surface area (Å²) in [4.78, 5) is 24.0. The van der Waals surface area contributed by atoms with Crippen LogP contribution in [0.3, 0.4) is 0 Å². The van der Waals surface area contributed by atoms with E-state index in [0.29, 0.717) is 19.6 Å². The fourth-order valence-corrected chi connectivity index (χ4v) is 2.54. The molecule has 0 spiro atoms. The van der Waals surface area contributed by atoms with E-state index >= 15 is 0 Å². The quantitative estimate of drug-likeness (QED) is 0.748. The molecule has 2 atom stereocenters. The van der Waals surface area contributed by atoms with Crippen molar-refractivity contribution in [2.75, 3.05) is 33.4 Å². The molecule has 1 heterocycles. The molecule has 1 aliphatic rings. The van der Waals surface area contributed by atoms with Crippen LogP contribution in [0.2, 0.25) is 0 Å². The van der Waals surface area contributed by atoms with Gasteiger partial charge in [0, 0.05) is 25.6 Å². The molecule has 24 heavy (non-hydrogen) atoms. The number of halogens is 1. The number of methoxy groups -OCH3 is 1. The Balaban J connectivity index is 0.00000288. The zero-order valence-electron chi connectivity index (χ0n) is 14.0. The van der Waals surface area contributed by atoms with Gasteiger partial charge < -0.3 is 20.1 Å². The first-order valence-corrected chi connectivity index (χ1v) is 7.82. The lowest BCUT2D eigenvalue weighted by Gasteiger charge is -2.23. The number of esters is 1. The van der Waals surface area contributed by atoms with Gasteiger partial charge in [0.15, 0.2) is 0 Å². The summed E-state index contributed by atoms with van der Waals surface area (Å²) < 4.78 is 10.2. The zero-order chi connectivity index (χ0) is 16.7. The molecule has 1 fully saturated rings. The van der Waals surface area contributed by atoms with Crippen LogP contribution in [0.25, 0.3) is 0 Å². The van der Waals surface area contributed by atoms with Crippen molar-refractivity contribution in [3.8, 4) is 0 Å². The minimum atomic E-state index is -0.500. The van der Waals surface area contributed by atoms with Crippen molar-refractivity contribution >= 4 is 24.3 Å². The number of nitrogens with one attached hydrogen (secondary N) is 2. The number of aryl methyl sites for hydroxylation is 1. The van der Waals surface area contributed by atoms with Gasteiger partial charge in [-0.25, -0.2) is 0 Å². The highest BCUT2D eigenvalue weighted by Crippen LogP contribution is 2.17. The second kappa shape index (κ2) is 10.3. The summed E-state index contributed by atoms with van der Waals surface area (Å²) in [6, 6.07) is 7.69. The number of carbonyl (C=O) groups excluding carboxylic acids is 2. The average molecular weight is 357 g/mol. The number of benzene rings is 1. The van der Waals surface area contributed by atoms with E-state index in [-0.39, 0.29) is 36.9 Å². The molecule has 0 aliphatic carbocycles. The summed E-state index contributed by atoms with van der Waals surface area (Å²) in [6.07, 6.45) is 0.335. The van der Waals surface area contributed by atoms with E-state index in [0.717, 1.165) is 17.7 Å². The van der Waals surface area contributed by atoms with Gasteiger partial charge in [-0.2, -0.15) is 0 Å². The van der Waals surface area contributed by atoms with Crippen molar-refractivity contribution in [2.24, 2.45) is 0 Å². The number of hydrogen-bond acceptors (Lipinski definition) is 5. The summed E-state index contributed by atoms with van der Waals surface area (Å²) in [6.45, 7) is 4.17. The second-order valence-electron chi connectivity index (χ2n) is 5.72. The van der Waals surface area contributed by atoms with Gasteiger partial charge in [0.1, 0.15) is 0 Å². The van der Waals surface area contributed by atoms with Crippen LogP contribution in [0.5, 0.6) is 0 Å². The monoisotopic (exact) mass is 356 g/mol. The molecule has 2 N–H and O–H groups in total. The molecular formula is C17H25ClN2O4. The molecule has 0 bridgehead atoms. The summed E-state index contributed by atoms with van der Waals surface area (Å²) in [5.41, 5.74) is 1.95. The van der Waals surface area contributed by atoms with Gasteiger partial charge in [-0.1, -0.05) is 29.8 Å². The Bertz CT molecular complexity index is 530. The first kappa shape index (κ1) is 20.4. The van der Waals surface area contributed by atoms with Gasteiger partial charge in [0.05, 0.1) is 26.2 Å². The highest BCUT2D eigenvalue weighted by Gasteiger charge is 2.23. The first-order chi connectivity index (χ1) is 11.1. The lowest BCUT2D eigenvalue weighted by molar-refractivity contribution is -0.142. The zero-order valence-corrected chi connectivity index (χ0v) is 14.9. The van der Waals surface area contributed by atoms with Crippen molar-refractivity contribution < 1.29 is 19.1 Å². The molecule has 0 saturated carbocycles. The summed E-state index contributed by atoms with van der Waals surface area (Å²) in [5, 5.41) is 6.06. The van der Waals surface area contributed by atoms with Crippen LogP contribution in [0.4, 0.5) is 0 Å². The minimum absolute atomic E-state index is 0. The predicted octanol–water partition coefficient (Wildman–Crippen LogP) is 1.17. The molecular weight excluding hydrogens is 332 g/mol. The Kier molecular flexibility index (Phi) is 8.74. The normalized spacial score (nSPS) is 18.2. The summed E-state index contributed by atoms with van der Waals surface area (Å²) >= 11 is 0. The van der Waals surface area contributed by atoms with Gasteiger partial charge in [-0.15, -0.1) is 12.4 Å². The van der Waals surface area contributed by atoms with Crippen molar-refractivity contribution in [3.05, 3.63) is 35.4 Å². The van der Waals surface area contributed by atoms with E-state index < -0.39 is 5.92 Å². The Morgan fingerprint density at radius 2 is 2.08 bits per heavy atom. The predicted molar refractivity (Wildman–Crippen MR) is 93.4 cm³/mol. The lowest BCUT2D eigenvalue weighted by atomic mass is 9.98. The summed E-state index contributed by atoms with van der Waals surface area (Å²) in [5.74, 6) is -0.956. The molecule has 134 valence electrons. The van der Waals surface area contributed by atoms with Gasteiger partial charge in [0.25, 0.3) is 0 Å². The van der Waals surface area contributed by atoms with Crippen molar-refractivity contribution in [2.45, 2.75) is 25.3 Å². The molecule has 1 aliphatic heterocycles. The third kappa shape index (κ3) is 6.11. The van der Waals surface area contributed by atoms with Crippen LogP contribution in [-0.2, 0) is 19.1 Å². The Morgan fingerprint density at radius 3 is 2.67 bits per heavy atom. The van der Waals surface area contributed by atoms with Gasteiger partial charge >= 0.3 is 5.97 Å². The number of ether oxygens (including phenoxy) is 2. The molecule has 6 nitrogen and oxygen atoms in total. The standard InChI is InChI=1S/C17H24N2O4.ClH/c1-12-3-5-13(6-4-12)15(17(21)22-2)10-19-16(20)9-14-11-23-8-7-18-14;/h3-6,14-15,18H,7-11H2,1-2H3,(H,19,20);1H. The third-order valence-corrected chi connectivity index (χ3v) is 3.90. The molecule has 1 amide bonds. The van der Waals surface area contributed by atoms with Crippen LogP contribution < -0.4 is 10.6 Å². The van der Waals surface area contributed by atoms with Crippen LogP contribution in [0.15, 0.2) is 24.3 Å². The molecule has 1 aromatic carbocycles. The number of amides is 1. The average Bonchev–Trinajstić information content (AvgIpc) is 2.57. The fraction of sp³-hybridized carbons (Fsp3) is 0.529. The highest BCUT2D eigenvalue weighted by atomic mass is 35.5. The number of morpholine rings is 1. The Morgan fingerprint density at radius 1 is 1.38 bits per heavy atom. The maximum Gasteiger partial charge on any atom is 0.314 e. The Labute approximate surface area is 148 Å². The number of hydrogen-bond donors (Lipinski definition) is 2. The van der Waals surface area contributed by atoms with Crippen LogP contribution in [0, 0.1) is 6.92 Å². The van der Waals surface area contributed by atoms with Crippen molar-refractivity contribution in [1.29, 1.82) is 0 Å². The molecule has 1 aromatic rings. The van der Waals surface area contributed by atoms with E-state index in [1.165, 1.54) is 7.11 Å². The van der Waals surface area contributed by atoms with E-state index in [4.69, 9.17) is 9.47 Å². The molecule has 2 unspecified atom stereocenters. The molecule has 0 aromatic heterocycles. The molecule has 7 heteroatoms. The number of carbonyl (C=O) groups is 2. The molecule has 2 rings (SSSR count). The van der Waals surface area contributed by atoms with Gasteiger partial charge in [0.2, 0.25) is 5.91 Å². The third-order valence-electron chi connectivity index (χ3n) is 3.90. The van der Waals surface area contributed by atoms with Gasteiger partial charge in [-0.05, 0) is 12.5 Å². The minimum Gasteiger partial charge on any atom is -0.468 e.